The highest BCUT2D eigenvalue weighted by Crippen LogP contribution is 2.30. The van der Waals surface area contributed by atoms with Crippen molar-refractivity contribution in [3.63, 3.8) is 0 Å². The first-order chi connectivity index (χ1) is 13.0. The zero-order valence-electron chi connectivity index (χ0n) is 16.0. The molecule has 2 heterocycles. The van der Waals surface area contributed by atoms with E-state index >= 15 is 0 Å². The predicted octanol–water partition coefficient (Wildman–Crippen LogP) is 4.88. The summed E-state index contributed by atoms with van der Waals surface area (Å²) in [6.45, 7) is 10.3. The van der Waals surface area contributed by atoms with Crippen LogP contribution in [0.2, 0.25) is 0 Å². The van der Waals surface area contributed by atoms with Gasteiger partial charge >= 0.3 is 0 Å². The van der Waals surface area contributed by atoms with Gasteiger partial charge in [0.1, 0.15) is 23.0 Å². The van der Waals surface area contributed by atoms with Gasteiger partial charge < -0.3 is 9.15 Å². The minimum absolute atomic E-state index is 0.556. The second kappa shape index (κ2) is 8.22. The van der Waals surface area contributed by atoms with Crippen molar-refractivity contribution in [2.24, 2.45) is 10.1 Å². The van der Waals surface area contributed by atoms with Crippen molar-refractivity contribution in [2.75, 3.05) is 13.7 Å². The number of furan rings is 1. The van der Waals surface area contributed by atoms with E-state index in [2.05, 4.69) is 11.6 Å². The van der Waals surface area contributed by atoms with Crippen LogP contribution in [0.4, 0.5) is 0 Å². The van der Waals surface area contributed by atoms with E-state index in [4.69, 9.17) is 14.3 Å². The first-order valence-corrected chi connectivity index (χ1v) is 9.48. The van der Waals surface area contributed by atoms with Crippen LogP contribution in [0, 0.1) is 6.92 Å². The molecule has 0 radical (unpaired) electrons. The van der Waals surface area contributed by atoms with Gasteiger partial charge in [0.2, 0.25) is 4.80 Å². The molecule has 0 N–H and O–H groups in total. The van der Waals surface area contributed by atoms with Crippen molar-refractivity contribution in [1.82, 2.24) is 4.68 Å². The Labute approximate surface area is 163 Å². The summed E-state index contributed by atoms with van der Waals surface area (Å²) in [7, 11) is 1.67. The van der Waals surface area contributed by atoms with Gasteiger partial charge in [-0.05, 0) is 45.0 Å². The number of para-hydroxylation sites is 1. The van der Waals surface area contributed by atoms with Crippen LogP contribution in [0.5, 0.6) is 5.75 Å². The van der Waals surface area contributed by atoms with Crippen LogP contribution in [-0.2, 0) is 0 Å². The number of hydrogen-bond donors (Lipinski definition) is 0. The topological polar surface area (TPSA) is 52.0 Å². The Morgan fingerprint density at radius 2 is 2.00 bits per heavy atom. The number of hydrogen-bond acceptors (Lipinski definition) is 5. The first-order valence-electron chi connectivity index (χ1n) is 8.60. The fourth-order valence-electron chi connectivity index (χ4n) is 2.58. The largest absolute Gasteiger partial charge is 0.496 e. The number of aryl methyl sites for hydroxylation is 1. The molecule has 3 rings (SSSR count). The van der Waals surface area contributed by atoms with Gasteiger partial charge in [-0.3, -0.25) is 4.99 Å². The summed E-state index contributed by atoms with van der Waals surface area (Å²) in [5.74, 6) is 2.38. The van der Waals surface area contributed by atoms with E-state index in [9.17, 15) is 0 Å². The van der Waals surface area contributed by atoms with Crippen LogP contribution >= 0.6 is 11.3 Å². The lowest BCUT2D eigenvalue weighted by atomic mass is 10.1. The van der Waals surface area contributed by atoms with Crippen molar-refractivity contribution in [2.45, 2.75) is 20.8 Å². The summed E-state index contributed by atoms with van der Waals surface area (Å²) in [5, 5.41) is 6.84. The fraction of sp³-hybridized carbons (Fsp3) is 0.238. The Kier molecular flexibility index (Phi) is 5.76. The van der Waals surface area contributed by atoms with Gasteiger partial charge in [0.25, 0.3) is 0 Å². The average molecular weight is 382 g/mol. The molecule has 0 bridgehead atoms. The van der Waals surface area contributed by atoms with Crippen LogP contribution in [0.25, 0.3) is 11.3 Å². The molecule has 3 aromatic rings. The summed E-state index contributed by atoms with van der Waals surface area (Å²) in [6, 6.07) is 11.7. The average Bonchev–Trinajstić information content (AvgIpc) is 3.26. The summed E-state index contributed by atoms with van der Waals surface area (Å²) >= 11 is 1.54. The van der Waals surface area contributed by atoms with Gasteiger partial charge in [-0.1, -0.05) is 24.3 Å². The monoisotopic (exact) mass is 381 g/mol. The lowest BCUT2D eigenvalue weighted by Crippen LogP contribution is -2.15. The molecule has 6 heteroatoms. The lowest BCUT2D eigenvalue weighted by molar-refractivity contribution is 0.416. The highest BCUT2D eigenvalue weighted by Gasteiger charge is 2.13. The van der Waals surface area contributed by atoms with Crippen molar-refractivity contribution in [3.8, 4) is 17.0 Å². The molecule has 27 heavy (non-hydrogen) atoms. The third-order valence-electron chi connectivity index (χ3n) is 3.90. The standard InChI is InChI=1S/C21H23N3O2S/c1-14(2)12-22-21-24(23-16(4)19-11-10-15(3)26-19)18(13-27-21)17-8-6-7-9-20(17)25-5/h6-11,13H,1,12H2,2-5H3. The van der Waals surface area contributed by atoms with Crippen LogP contribution in [0.1, 0.15) is 25.4 Å². The van der Waals surface area contributed by atoms with Crippen molar-refractivity contribution in [3.05, 3.63) is 70.3 Å². The number of rotatable bonds is 6. The predicted molar refractivity (Wildman–Crippen MR) is 111 cm³/mol. The number of nitrogens with zero attached hydrogens (tertiary/aromatic N) is 3. The minimum atomic E-state index is 0.556. The van der Waals surface area contributed by atoms with E-state index in [1.54, 1.807) is 7.11 Å². The zero-order chi connectivity index (χ0) is 19.4. The molecule has 0 atom stereocenters. The molecular weight excluding hydrogens is 358 g/mol. The van der Waals surface area contributed by atoms with Crippen LogP contribution < -0.4 is 9.54 Å². The van der Waals surface area contributed by atoms with Gasteiger partial charge in [0.15, 0.2) is 0 Å². The fourth-order valence-corrected chi connectivity index (χ4v) is 3.40. The molecule has 0 saturated heterocycles. The molecule has 0 saturated carbocycles. The van der Waals surface area contributed by atoms with Crippen LogP contribution in [-0.4, -0.2) is 24.0 Å². The Morgan fingerprint density at radius 3 is 2.67 bits per heavy atom. The van der Waals surface area contributed by atoms with Gasteiger partial charge in [-0.15, -0.1) is 11.3 Å². The number of thiazole rings is 1. The summed E-state index contributed by atoms with van der Waals surface area (Å²) in [4.78, 5) is 5.46. The summed E-state index contributed by atoms with van der Waals surface area (Å²) in [6.07, 6.45) is 0. The SMILES string of the molecule is C=C(C)CN=c1scc(-c2ccccc2OC)n1N=C(C)c1ccc(C)o1. The molecule has 0 aliphatic rings. The van der Waals surface area contributed by atoms with Crippen molar-refractivity contribution in [1.29, 1.82) is 0 Å². The zero-order valence-corrected chi connectivity index (χ0v) is 16.8. The van der Waals surface area contributed by atoms with E-state index < -0.39 is 0 Å². The van der Waals surface area contributed by atoms with Crippen LogP contribution in [0.15, 0.2) is 68.4 Å². The molecule has 0 unspecified atom stereocenters. The molecule has 0 aliphatic carbocycles. The minimum Gasteiger partial charge on any atom is -0.496 e. The summed E-state index contributed by atoms with van der Waals surface area (Å²) < 4.78 is 13.1. The Bertz CT molecular complexity index is 1050. The van der Waals surface area contributed by atoms with Gasteiger partial charge in [-0.25, -0.2) is 4.68 Å². The number of methoxy groups -OCH3 is 1. The Morgan fingerprint density at radius 1 is 1.22 bits per heavy atom. The molecule has 0 amide bonds. The number of benzene rings is 1. The van der Waals surface area contributed by atoms with Crippen LogP contribution in [0.3, 0.4) is 0 Å². The molecule has 0 aliphatic heterocycles. The van der Waals surface area contributed by atoms with E-state index in [1.165, 1.54) is 11.3 Å². The second-order valence-corrected chi connectivity index (χ2v) is 7.12. The lowest BCUT2D eigenvalue weighted by Gasteiger charge is -2.09. The van der Waals surface area contributed by atoms with Crippen molar-refractivity contribution >= 4 is 17.0 Å². The quantitative estimate of drug-likeness (QED) is 0.451. The first kappa shape index (κ1) is 18.9. The number of aromatic nitrogens is 1. The molecule has 140 valence electrons. The normalized spacial score (nSPS) is 12.4. The van der Waals surface area contributed by atoms with Crippen molar-refractivity contribution < 1.29 is 9.15 Å². The maximum Gasteiger partial charge on any atom is 0.206 e. The van der Waals surface area contributed by atoms with Gasteiger partial charge in [0.05, 0.1) is 19.3 Å². The Hall–Kier alpha value is -2.86. The van der Waals surface area contributed by atoms with E-state index in [0.29, 0.717) is 6.54 Å². The molecule has 1 aromatic carbocycles. The van der Waals surface area contributed by atoms with Gasteiger partial charge in [-0.2, -0.15) is 5.10 Å². The Balaban J connectivity index is 2.18. The van der Waals surface area contributed by atoms with E-state index in [-0.39, 0.29) is 0 Å². The number of ether oxygens (including phenoxy) is 1. The molecule has 5 nitrogen and oxygen atoms in total. The third kappa shape index (κ3) is 4.28. The molecule has 2 aromatic heterocycles. The third-order valence-corrected chi connectivity index (χ3v) is 4.75. The second-order valence-electron chi connectivity index (χ2n) is 6.28. The highest BCUT2D eigenvalue weighted by atomic mass is 32.1. The maximum absolute atomic E-state index is 5.71. The molecular formula is C21H23N3O2S. The smallest absolute Gasteiger partial charge is 0.206 e. The summed E-state index contributed by atoms with van der Waals surface area (Å²) in [5.41, 5.74) is 3.64. The molecule has 0 spiro atoms. The highest BCUT2D eigenvalue weighted by molar-refractivity contribution is 7.07. The maximum atomic E-state index is 5.71. The van der Waals surface area contributed by atoms with E-state index in [0.717, 1.165) is 44.6 Å². The molecule has 0 fully saturated rings. The van der Waals surface area contributed by atoms with E-state index in [1.807, 2.05) is 67.2 Å². The van der Waals surface area contributed by atoms with Gasteiger partial charge in [0, 0.05) is 10.9 Å².